The number of hydrogen-bond acceptors (Lipinski definition) is 5. The fourth-order valence-electron chi connectivity index (χ4n) is 2.48. The maximum Gasteiger partial charge on any atom is 0.490 e. The third kappa shape index (κ3) is 8.37. The molecule has 0 fully saturated rings. The van der Waals surface area contributed by atoms with Crippen LogP contribution < -0.4 is 16.0 Å². The summed E-state index contributed by atoms with van der Waals surface area (Å²) >= 11 is 12.1. The van der Waals surface area contributed by atoms with Gasteiger partial charge < -0.3 is 21.1 Å². The Balaban J connectivity index is 0.000000604. The number of nitrogens with zero attached hydrogens (tertiary/aromatic N) is 1. The molecule has 3 rings (SSSR count). The molecule has 37 heavy (non-hydrogen) atoms. The van der Waals surface area contributed by atoms with Gasteiger partial charge in [-0.3, -0.25) is 19.5 Å². The van der Waals surface area contributed by atoms with Crippen LogP contribution in [0.4, 0.5) is 30.2 Å². The molecule has 0 unspecified atom stereocenters. The smallest absolute Gasteiger partial charge is 0.475 e. The average Bonchev–Trinajstić information content (AvgIpc) is 3.28. The van der Waals surface area contributed by atoms with E-state index in [0.717, 1.165) is 6.08 Å². The Morgan fingerprint density at radius 1 is 0.919 bits per heavy atom. The number of halogens is 5. The highest BCUT2D eigenvalue weighted by molar-refractivity contribution is 6.40. The number of rotatable bonds is 6. The second-order valence-electron chi connectivity index (χ2n) is 6.74. The zero-order chi connectivity index (χ0) is 27.8. The molecular formula is C22H16Cl2F3N5O5. The zero-order valence-electron chi connectivity index (χ0n) is 18.3. The fourth-order valence-corrected chi connectivity index (χ4v) is 3.05. The molecular weight excluding hydrogens is 542 g/mol. The van der Waals surface area contributed by atoms with Gasteiger partial charge in [-0.25, -0.2) is 4.79 Å². The lowest BCUT2D eigenvalue weighted by molar-refractivity contribution is -0.192. The monoisotopic (exact) mass is 557 g/mol. The molecule has 0 aliphatic rings. The van der Waals surface area contributed by atoms with E-state index in [0.29, 0.717) is 11.4 Å². The topological polar surface area (TPSA) is 153 Å². The van der Waals surface area contributed by atoms with Crippen molar-refractivity contribution in [3.05, 3.63) is 82.6 Å². The molecule has 3 aromatic rings. The lowest BCUT2D eigenvalue weighted by Crippen LogP contribution is -2.21. The van der Waals surface area contributed by atoms with Crippen LogP contribution in [0.5, 0.6) is 0 Å². The number of benzene rings is 2. The van der Waals surface area contributed by atoms with E-state index in [4.69, 9.17) is 33.1 Å². The minimum atomic E-state index is -5.08. The second kappa shape index (κ2) is 12.6. The van der Waals surface area contributed by atoms with Crippen LogP contribution in [-0.4, -0.2) is 45.2 Å². The van der Waals surface area contributed by atoms with Crippen molar-refractivity contribution in [1.29, 1.82) is 0 Å². The van der Waals surface area contributed by atoms with Crippen molar-refractivity contribution >= 4 is 64.0 Å². The van der Waals surface area contributed by atoms with E-state index in [-0.39, 0.29) is 32.9 Å². The van der Waals surface area contributed by atoms with Gasteiger partial charge in [0.1, 0.15) is 5.69 Å². The highest BCUT2D eigenvalue weighted by Gasteiger charge is 2.38. The number of nitrogens with one attached hydrogen (secondary N) is 4. The number of carboxylic acid groups (broad SMARTS) is 1. The first-order valence-corrected chi connectivity index (χ1v) is 10.5. The van der Waals surface area contributed by atoms with Crippen molar-refractivity contribution in [1.82, 2.24) is 10.2 Å². The number of amides is 3. The molecule has 5 N–H and O–H groups in total. The summed E-state index contributed by atoms with van der Waals surface area (Å²) in [5.74, 6) is -4.21. The van der Waals surface area contributed by atoms with Gasteiger partial charge in [-0.05, 0) is 42.5 Å². The Hall–Kier alpha value is -4.36. The third-order valence-corrected chi connectivity index (χ3v) is 4.77. The molecule has 15 heteroatoms. The highest BCUT2D eigenvalue weighted by Crippen LogP contribution is 2.26. The summed E-state index contributed by atoms with van der Waals surface area (Å²) in [6, 6.07) is 11.1. The summed E-state index contributed by atoms with van der Waals surface area (Å²) in [7, 11) is 0. The molecule has 0 aliphatic heterocycles. The molecule has 1 aromatic heterocycles. The summed E-state index contributed by atoms with van der Waals surface area (Å²) in [6.07, 6.45) is -2.63. The van der Waals surface area contributed by atoms with Crippen LogP contribution in [0.25, 0.3) is 0 Å². The van der Waals surface area contributed by atoms with Crippen LogP contribution in [0.2, 0.25) is 10.0 Å². The molecule has 0 spiro atoms. The Labute approximate surface area is 216 Å². The molecule has 0 radical (unpaired) electrons. The number of alkyl halides is 3. The van der Waals surface area contributed by atoms with Gasteiger partial charge >= 0.3 is 12.1 Å². The summed E-state index contributed by atoms with van der Waals surface area (Å²) in [6.45, 7) is 3.38. The number of hydrogen-bond donors (Lipinski definition) is 5. The van der Waals surface area contributed by atoms with Crippen LogP contribution in [0, 0.1) is 0 Å². The Morgan fingerprint density at radius 3 is 1.92 bits per heavy atom. The maximum atomic E-state index is 12.6. The van der Waals surface area contributed by atoms with E-state index in [1.54, 1.807) is 30.3 Å². The number of aromatic nitrogens is 2. The highest BCUT2D eigenvalue weighted by atomic mass is 35.5. The third-order valence-electron chi connectivity index (χ3n) is 4.14. The van der Waals surface area contributed by atoms with Gasteiger partial charge in [0.15, 0.2) is 0 Å². The predicted octanol–water partition coefficient (Wildman–Crippen LogP) is 4.98. The van der Waals surface area contributed by atoms with Crippen LogP contribution in [0.1, 0.15) is 20.8 Å². The number of carbonyl (C=O) groups excluding carboxylic acids is 3. The quantitative estimate of drug-likeness (QED) is 0.269. The molecule has 10 nitrogen and oxygen atoms in total. The van der Waals surface area contributed by atoms with Gasteiger partial charge in [0.05, 0.1) is 27.5 Å². The first-order valence-electron chi connectivity index (χ1n) is 9.77. The van der Waals surface area contributed by atoms with E-state index in [2.05, 4.69) is 32.7 Å². The minimum Gasteiger partial charge on any atom is -0.475 e. The van der Waals surface area contributed by atoms with E-state index in [1.165, 1.54) is 18.3 Å². The molecule has 0 bridgehead atoms. The van der Waals surface area contributed by atoms with Crippen LogP contribution in [-0.2, 0) is 9.59 Å². The number of aromatic amines is 1. The lowest BCUT2D eigenvalue weighted by Gasteiger charge is -2.09. The zero-order valence-corrected chi connectivity index (χ0v) is 19.8. The van der Waals surface area contributed by atoms with Gasteiger partial charge in [-0.1, -0.05) is 35.8 Å². The van der Waals surface area contributed by atoms with Crippen molar-refractivity contribution in [2.75, 3.05) is 16.0 Å². The average molecular weight is 558 g/mol. The standard InChI is InChI=1S/C20H15Cl2N5O3.C2HF3O2/c1-2-16(28)24-11-6-8-12(9-7-11)25-20(30)18-15(10-23-27-18)26-19(29)17-13(21)4-3-5-14(17)22;3-2(4,5)1(6)7/h2-10H,1H2,(H,23,27)(H,24,28)(H,25,30)(H,26,29);(H,6,7). The van der Waals surface area contributed by atoms with E-state index < -0.39 is 24.0 Å². The number of H-pyrrole nitrogens is 1. The molecule has 0 atom stereocenters. The molecule has 1 heterocycles. The Bertz CT molecular complexity index is 1310. The molecule has 2 aromatic carbocycles. The summed E-state index contributed by atoms with van der Waals surface area (Å²) in [5, 5.41) is 21.7. The molecule has 0 aliphatic carbocycles. The number of carbonyl (C=O) groups is 4. The number of aliphatic carboxylic acids is 1. The van der Waals surface area contributed by atoms with E-state index in [1.807, 2.05) is 0 Å². The molecule has 3 amide bonds. The second-order valence-corrected chi connectivity index (χ2v) is 7.55. The Kier molecular flexibility index (Phi) is 9.80. The molecule has 0 saturated carbocycles. The van der Waals surface area contributed by atoms with Gasteiger partial charge in [0.2, 0.25) is 5.91 Å². The Morgan fingerprint density at radius 2 is 1.43 bits per heavy atom. The van der Waals surface area contributed by atoms with Gasteiger partial charge in [-0.2, -0.15) is 18.3 Å². The van der Waals surface area contributed by atoms with Crippen molar-refractivity contribution in [3.63, 3.8) is 0 Å². The SMILES string of the molecule is C=CC(=O)Nc1ccc(NC(=O)c2[nH]ncc2NC(=O)c2c(Cl)cccc2Cl)cc1.O=C(O)C(F)(F)F. The lowest BCUT2D eigenvalue weighted by atomic mass is 10.2. The largest absolute Gasteiger partial charge is 0.490 e. The van der Waals surface area contributed by atoms with Crippen molar-refractivity contribution < 1.29 is 37.5 Å². The number of anilines is 3. The normalized spacial score (nSPS) is 10.4. The molecule has 0 saturated heterocycles. The van der Waals surface area contributed by atoms with Gasteiger partial charge in [0, 0.05) is 11.4 Å². The first kappa shape index (κ1) is 28.9. The fraction of sp³-hybridized carbons (Fsp3) is 0.0455. The van der Waals surface area contributed by atoms with Gasteiger partial charge in [0.25, 0.3) is 11.8 Å². The predicted molar refractivity (Wildman–Crippen MR) is 130 cm³/mol. The molecule has 194 valence electrons. The van der Waals surface area contributed by atoms with Crippen molar-refractivity contribution in [3.8, 4) is 0 Å². The summed E-state index contributed by atoms with van der Waals surface area (Å²) < 4.78 is 31.7. The summed E-state index contributed by atoms with van der Waals surface area (Å²) in [5.41, 5.74) is 1.30. The van der Waals surface area contributed by atoms with Crippen molar-refractivity contribution in [2.24, 2.45) is 0 Å². The number of carboxylic acids is 1. The minimum absolute atomic E-state index is 0.0376. The van der Waals surface area contributed by atoms with E-state index in [9.17, 15) is 27.6 Å². The van der Waals surface area contributed by atoms with Crippen LogP contribution in [0.15, 0.2) is 61.3 Å². The van der Waals surface area contributed by atoms with Gasteiger partial charge in [-0.15, -0.1) is 0 Å². The van der Waals surface area contributed by atoms with Crippen LogP contribution in [0.3, 0.4) is 0 Å². The van der Waals surface area contributed by atoms with Crippen LogP contribution >= 0.6 is 23.2 Å². The summed E-state index contributed by atoms with van der Waals surface area (Å²) in [4.78, 5) is 45.3. The maximum absolute atomic E-state index is 12.6. The van der Waals surface area contributed by atoms with E-state index >= 15 is 0 Å². The first-order chi connectivity index (χ1) is 17.3. The van der Waals surface area contributed by atoms with Crippen molar-refractivity contribution in [2.45, 2.75) is 6.18 Å².